The third kappa shape index (κ3) is 7.54. The van der Waals surface area contributed by atoms with E-state index >= 15 is 0 Å². The molecule has 1 aromatic heterocycles. The number of aromatic amines is 1. The van der Waals surface area contributed by atoms with Gasteiger partial charge in [0.15, 0.2) is 0 Å². The molecule has 0 radical (unpaired) electrons. The maximum absolute atomic E-state index is 13.0. The van der Waals surface area contributed by atoms with Crippen LogP contribution >= 0.6 is 0 Å². The second-order valence-corrected chi connectivity index (χ2v) is 9.75. The lowest BCUT2D eigenvalue weighted by Crippen LogP contribution is -2.37. The maximum Gasteiger partial charge on any atom is 0.573 e. The molecule has 1 aliphatic rings. The molecule has 1 aliphatic heterocycles. The number of carbonyl (C=O) groups excluding carboxylic acids is 2. The fourth-order valence-corrected chi connectivity index (χ4v) is 4.83. The molecule has 41 heavy (non-hydrogen) atoms. The van der Waals surface area contributed by atoms with E-state index in [0.29, 0.717) is 17.8 Å². The lowest BCUT2D eigenvalue weighted by atomic mass is 9.98. The molecule has 3 amide bonds. The van der Waals surface area contributed by atoms with E-state index in [1.54, 1.807) is 36.5 Å². The molecule has 0 bridgehead atoms. The molecule has 1 fully saturated rings. The molecule has 5 rings (SSSR count). The van der Waals surface area contributed by atoms with Crippen molar-refractivity contribution in [3.8, 4) is 16.9 Å². The Hall–Kier alpha value is -4.58. The number of halogens is 3. The summed E-state index contributed by atoms with van der Waals surface area (Å²) in [5, 5.41) is 16.1. The molecule has 214 valence electrons. The number of hydrogen-bond donors (Lipinski definition) is 4. The number of ether oxygens (including phenoxy) is 1. The summed E-state index contributed by atoms with van der Waals surface area (Å²) < 4.78 is 41.3. The predicted octanol–water partition coefficient (Wildman–Crippen LogP) is 5.99. The van der Waals surface area contributed by atoms with Gasteiger partial charge < -0.3 is 25.6 Å². The van der Waals surface area contributed by atoms with Gasteiger partial charge in [0, 0.05) is 41.5 Å². The van der Waals surface area contributed by atoms with Gasteiger partial charge in [-0.2, -0.15) is 5.10 Å². The lowest BCUT2D eigenvalue weighted by molar-refractivity contribution is -0.274. The number of hydrogen-bond acceptors (Lipinski definition) is 5. The van der Waals surface area contributed by atoms with Crippen molar-refractivity contribution in [1.29, 1.82) is 0 Å². The van der Waals surface area contributed by atoms with Crippen molar-refractivity contribution in [2.45, 2.75) is 25.6 Å². The van der Waals surface area contributed by atoms with Crippen molar-refractivity contribution in [2.24, 2.45) is 0 Å². The summed E-state index contributed by atoms with van der Waals surface area (Å²) in [7, 11) is 0. The van der Waals surface area contributed by atoms with Crippen LogP contribution in [-0.4, -0.2) is 59.6 Å². The molecular weight excluding hydrogens is 537 g/mol. The van der Waals surface area contributed by atoms with Crippen LogP contribution in [0.2, 0.25) is 0 Å². The van der Waals surface area contributed by atoms with E-state index in [0.717, 1.165) is 53.8 Å². The highest BCUT2D eigenvalue weighted by molar-refractivity contribution is 6.04. The van der Waals surface area contributed by atoms with Crippen LogP contribution in [0.4, 0.5) is 29.3 Å². The van der Waals surface area contributed by atoms with E-state index in [-0.39, 0.29) is 11.6 Å². The smallest absolute Gasteiger partial charge is 0.406 e. The number of nitrogens with one attached hydrogen (secondary N) is 4. The third-order valence-electron chi connectivity index (χ3n) is 6.76. The number of piperidine rings is 1. The molecule has 0 atom stereocenters. The summed E-state index contributed by atoms with van der Waals surface area (Å²) in [6.45, 7) is 3.52. The Morgan fingerprint density at radius 2 is 1.71 bits per heavy atom. The first-order valence-electron chi connectivity index (χ1n) is 13.3. The standard InChI is InChI=1S/C29H29F3N6O3/c30-29(31,32)41-23-6-4-5-22(17-23)36-28(40)35-21-9-7-19(8-10-21)24-15-20(16-26-25(24)18-34-37-26)27(39)33-11-14-38-12-2-1-3-13-38/h4-10,15-18H,1-3,11-14H2,(H,33,39)(H,34,37)(H2,35,36,40). The molecular formula is C29H29F3N6O3. The van der Waals surface area contributed by atoms with Gasteiger partial charge in [-0.1, -0.05) is 24.6 Å². The molecule has 1 saturated heterocycles. The van der Waals surface area contributed by atoms with Crippen LogP contribution in [0.5, 0.6) is 5.75 Å². The van der Waals surface area contributed by atoms with E-state index < -0.39 is 18.1 Å². The SMILES string of the molecule is O=C(Nc1ccc(-c2cc(C(=O)NCCN3CCCCC3)cc3[nH]ncc23)cc1)Nc1cccc(OC(F)(F)F)c1. The zero-order chi connectivity index (χ0) is 28.8. The number of alkyl halides is 3. The van der Waals surface area contributed by atoms with Crippen molar-refractivity contribution in [3.63, 3.8) is 0 Å². The summed E-state index contributed by atoms with van der Waals surface area (Å²) >= 11 is 0. The minimum absolute atomic E-state index is 0.134. The molecule has 3 aromatic carbocycles. The summed E-state index contributed by atoms with van der Waals surface area (Å²) in [6, 6.07) is 14.9. The van der Waals surface area contributed by atoms with Crippen molar-refractivity contribution in [1.82, 2.24) is 20.4 Å². The number of likely N-dealkylation sites (tertiary alicyclic amines) is 1. The number of carbonyl (C=O) groups is 2. The van der Waals surface area contributed by atoms with Gasteiger partial charge in [-0.15, -0.1) is 13.2 Å². The van der Waals surface area contributed by atoms with Crippen LogP contribution in [0.15, 0.2) is 66.9 Å². The average molecular weight is 567 g/mol. The van der Waals surface area contributed by atoms with Crippen molar-refractivity contribution >= 4 is 34.2 Å². The number of fused-ring (bicyclic) bond motifs is 1. The Morgan fingerprint density at radius 1 is 0.951 bits per heavy atom. The quantitative estimate of drug-likeness (QED) is 0.209. The monoisotopic (exact) mass is 566 g/mol. The number of anilines is 2. The first-order chi connectivity index (χ1) is 19.7. The number of rotatable bonds is 8. The Labute approximate surface area is 234 Å². The summed E-state index contributed by atoms with van der Waals surface area (Å²) in [6.07, 6.45) is 0.515. The molecule has 2 heterocycles. The van der Waals surface area contributed by atoms with Gasteiger partial charge in [0.1, 0.15) is 5.75 Å². The van der Waals surface area contributed by atoms with Crippen molar-refractivity contribution in [2.75, 3.05) is 36.8 Å². The highest BCUT2D eigenvalue weighted by Gasteiger charge is 2.31. The van der Waals surface area contributed by atoms with E-state index in [1.165, 1.54) is 31.4 Å². The molecule has 4 N–H and O–H groups in total. The van der Waals surface area contributed by atoms with E-state index in [9.17, 15) is 22.8 Å². The van der Waals surface area contributed by atoms with Gasteiger partial charge in [-0.25, -0.2) is 4.79 Å². The molecule has 4 aromatic rings. The number of aromatic nitrogens is 2. The Bertz CT molecular complexity index is 1510. The maximum atomic E-state index is 13.0. The minimum atomic E-state index is -4.83. The Kier molecular flexibility index (Phi) is 8.39. The van der Waals surface area contributed by atoms with Gasteiger partial charge in [-0.3, -0.25) is 9.89 Å². The largest absolute Gasteiger partial charge is 0.573 e. The highest BCUT2D eigenvalue weighted by Crippen LogP contribution is 2.30. The molecule has 0 unspecified atom stereocenters. The summed E-state index contributed by atoms with van der Waals surface area (Å²) in [5.41, 5.74) is 3.44. The van der Waals surface area contributed by atoms with Gasteiger partial charge in [0.05, 0.1) is 11.7 Å². The average Bonchev–Trinajstić information content (AvgIpc) is 3.42. The number of amides is 3. The van der Waals surface area contributed by atoms with E-state index in [1.807, 2.05) is 6.07 Å². The summed E-state index contributed by atoms with van der Waals surface area (Å²) in [5.74, 6) is -0.609. The second kappa shape index (κ2) is 12.3. The Morgan fingerprint density at radius 3 is 2.46 bits per heavy atom. The molecule has 12 heteroatoms. The molecule has 0 saturated carbocycles. The number of urea groups is 1. The third-order valence-corrected chi connectivity index (χ3v) is 6.76. The summed E-state index contributed by atoms with van der Waals surface area (Å²) in [4.78, 5) is 27.8. The molecule has 9 nitrogen and oxygen atoms in total. The molecule has 0 aliphatic carbocycles. The number of nitrogens with zero attached hydrogens (tertiary/aromatic N) is 2. The van der Waals surface area contributed by atoms with E-state index in [4.69, 9.17) is 0 Å². The normalized spacial score (nSPS) is 14.0. The highest BCUT2D eigenvalue weighted by atomic mass is 19.4. The Balaban J connectivity index is 1.24. The van der Waals surface area contributed by atoms with Crippen molar-refractivity contribution in [3.05, 3.63) is 72.4 Å². The topological polar surface area (TPSA) is 111 Å². The fraction of sp³-hybridized carbons (Fsp3) is 0.276. The number of benzene rings is 3. The lowest BCUT2D eigenvalue weighted by Gasteiger charge is -2.26. The molecule has 0 spiro atoms. The first-order valence-corrected chi connectivity index (χ1v) is 13.3. The van der Waals surface area contributed by atoms with Gasteiger partial charge >= 0.3 is 12.4 Å². The fourth-order valence-electron chi connectivity index (χ4n) is 4.83. The van der Waals surface area contributed by atoms with Crippen LogP contribution in [0.25, 0.3) is 22.0 Å². The van der Waals surface area contributed by atoms with Crippen molar-refractivity contribution < 1.29 is 27.5 Å². The minimum Gasteiger partial charge on any atom is -0.406 e. The van der Waals surface area contributed by atoms with Gasteiger partial charge in [0.2, 0.25) is 0 Å². The van der Waals surface area contributed by atoms with E-state index in [2.05, 4.69) is 35.8 Å². The second-order valence-electron chi connectivity index (χ2n) is 9.75. The first kappa shape index (κ1) is 28.0. The van der Waals surface area contributed by atoms with Crippen LogP contribution in [0, 0.1) is 0 Å². The zero-order valence-corrected chi connectivity index (χ0v) is 22.1. The van der Waals surface area contributed by atoms with Gasteiger partial charge in [-0.05, 0) is 73.5 Å². The van der Waals surface area contributed by atoms with Crippen LogP contribution in [0.1, 0.15) is 29.6 Å². The predicted molar refractivity (Wildman–Crippen MR) is 150 cm³/mol. The number of H-pyrrole nitrogens is 1. The van der Waals surface area contributed by atoms with Crippen LogP contribution in [0.3, 0.4) is 0 Å². The van der Waals surface area contributed by atoms with Gasteiger partial charge in [0.25, 0.3) is 5.91 Å². The zero-order valence-electron chi connectivity index (χ0n) is 22.1. The van der Waals surface area contributed by atoms with Crippen LogP contribution < -0.4 is 20.7 Å². The van der Waals surface area contributed by atoms with Crippen LogP contribution in [-0.2, 0) is 0 Å².